The van der Waals surface area contributed by atoms with Crippen LogP contribution < -0.4 is 21.3 Å². The quantitative estimate of drug-likeness (QED) is 0.0832. The van der Waals surface area contributed by atoms with Crippen molar-refractivity contribution in [1.29, 1.82) is 0 Å². The molecule has 2 aromatic heterocycles. The van der Waals surface area contributed by atoms with E-state index in [2.05, 4.69) is 31.2 Å². The van der Waals surface area contributed by atoms with Crippen LogP contribution in [0.4, 0.5) is 11.4 Å². The molecule has 8 rings (SSSR count). The van der Waals surface area contributed by atoms with Gasteiger partial charge in [0.05, 0.1) is 16.9 Å². The third-order valence-corrected chi connectivity index (χ3v) is 11.3. The van der Waals surface area contributed by atoms with Crippen LogP contribution in [0.2, 0.25) is 0 Å². The number of pyridine rings is 2. The third kappa shape index (κ3) is 9.60. The molecular weight excluding hydrogens is 787 g/mol. The first-order valence-electron chi connectivity index (χ1n) is 20.6. The number of hydrogen-bond acceptors (Lipinski definition) is 8. The summed E-state index contributed by atoms with van der Waals surface area (Å²) in [5.74, 6) is -1.60. The number of nitrogens with one attached hydrogen (secondary N) is 4. The van der Waals surface area contributed by atoms with Crippen molar-refractivity contribution in [3.8, 4) is 0 Å². The number of carbonyl (C=O) groups is 6. The topological polar surface area (TPSA) is 200 Å². The van der Waals surface area contributed by atoms with E-state index in [1.807, 2.05) is 24.3 Å². The van der Waals surface area contributed by atoms with E-state index in [1.165, 1.54) is 42.3 Å². The molecule has 4 aromatic carbocycles. The van der Waals surface area contributed by atoms with Crippen LogP contribution in [0.3, 0.4) is 0 Å². The SMILES string of the molecule is CN(C)C(=O)c1ccc(C(=O)Nc2cccnc2C(=O)NCC2CCC2)c2ccccc12.O=C(NCC1CCC1)c1ncccc1NC(=O)c1ccc(C(=O)O)c2ccccc12. The predicted octanol–water partition coefficient (Wildman–Crippen LogP) is 7.43. The van der Waals surface area contributed by atoms with E-state index in [9.17, 15) is 33.9 Å². The number of carboxylic acids is 1. The van der Waals surface area contributed by atoms with Crippen molar-refractivity contribution in [3.63, 3.8) is 0 Å². The number of rotatable bonds is 12. The van der Waals surface area contributed by atoms with E-state index >= 15 is 0 Å². The van der Waals surface area contributed by atoms with Crippen molar-refractivity contribution in [2.24, 2.45) is 11.8 Å². The number of hydrogen-bond donors (Lipinski definition) is 5. The van der Waals surface area contributed by atoms with E-state index in [1.54, 1.807) is 74.8 Å². The molecule has 5 amide bonds. The fourth-order valence-electron chi connectivity index (χ4n) is 7.40. The van der Waals surface area contributed by atoms with E-state index in [4.69, 9.17) is 0 Å². The first-order valence-corrected chi connectivity index (χ1v) is 20.6. The largest absolute Gasteiger partial charge is 0.478 e. The van der Waals surface area contributed by atoms with E-state index in [0.717, 1.165) is 25.7 Å². The Morgan fingerprint density at radius 1 is 0.532 bits per heavy atom. The number of aromatic carboxylic acids is 1. The number of anilines is 2. The zero-order valence-electron chi connectivity index (χ0n) is 34.4. The molecule has 0 atom stereocenters. The Morgan fingerprint density at radius 3 is 1.31 bits per heavy atom. The van der Waals surface area contributed by atoms with Crippen molar-refractivity contribution >= 4 is 68.4 Å². The number of fused-ring (bicyclic) bond motifs is 2. The molecule has 2 fully saturated rings. The number of carboxylic acid groups (broad SMARTS) is 1. The molecule has 0 spiro atoms. The molecule has 0 saturated heterocycles. The van der Waals surface area contributed by atoms with Crippen molar-refractivity contribution in [2.75, 3.05) is 37.8 Å². The lowest BCUT2D eigenvalue weighted by atomic mass is 9.85. The van der Waals surface area contributed by atoms with E-state index in [0.29, 0.717) is 74.5 Å². The van der Waals surface area contributed by atoms with Gasteiger partial charge in [-0.3, -0.25) is 24.0 Å². The van der Waals surface area contributed by atoms with Crippen LogP contribution in [-0.4, -0.2) is 82.7 Å². The van der Waals surface area contributed by atoms with Gasteiger partial charge in [0, 0.05) is 56.3 Å². The Bertz CT molecular complexity index is 2690. The van der Waals surface area contributed by atoms with Gasteiger partial charge in [-0.1, -0.05) is 61.4 Å². The first-order chi connectivity index (χ1) is 30.0. The summed E-state index contributed by atoms with van der Waals surface area (Å²) in [6.45, 7) is 1.22. The van der Waals surface area contributed by atoms with Crippen LogP contribution in [0.5, 0.6) is 0 Å². The second-order valence-corrected chi connectivity index (χ2v) is 15.6. The number of amides is 5. The van der Waals surface area contributed by atoms with Crippen LogP contribution in [-0.2, 0) is 0 Å². The molecule has 14 nitrogen and oxygen atoms in total. The van der Waals surface area contributed by atoms with Crippen LogP contribution in [0, 0.1) is 11.8 Å². The Hall–Kier alpha value is -7.48. The lowest BCUT2D eigenvalue weighted by Crippen LogP contribution is -2.33. The number of carbonyl (C=O) groups excluding carboxylic acids is 5. The molecule has 2 aliphatic rings. The second kappa shape index (κ2) is 19.3. The Balaban J connectivity index is 0.000000187. The molecular formula is C48H47N7O7. The summed E-state index contributed by atoms with van der Waals surface area (Å²) in [4.78, 5) is 85.3. The molecule has 316 valence electrons. The number of nitrogens with zero attached hydrogens (tertiary/aromatic N) is 3. The summed E-state index contributed by atoms with van der Waals surface area (Å²) in [7, 11) is 3.38. The zero-order chi connectivity index (χ0) is 43.8. The maximum Gasteiger partial charge on any atom is 0.336 e. The highest BCUT2D eigenvalue weighted by Crippen LogP contribution is 2.29. The average Bonchev–Trinajstić information content (AvgIpc) is 3.24. The average molecular weight is 834 g/mol. The van der Waals surface area contributed by atoms with Crippen LogP contribution in [0.15, 0.2) is 109 Å². The maximum atomic E-state index is 13.2. The highest BCUT2D eigenvalue weighted by Gasteiger charge is 2.24. The van der Waals surface area contributed by atoms with Crippen molar-refractivity contribution in [3.05, 3.63) is 143 Å². The molecule has 2 heterocycles. The van der Waals surface area contributed by atoms with Crippen LogP contribution >= 0.6 is 0 Å². The van der Waals surface area contributed by atoms with Gasteiger partial charge in [-0.2, -0.15) is 0 Å². The summed E-state index contributed by atoms with van der Waals surface area (Å²) in [5, 5.41) is 23.2. The summed E-state index contributed by atoms with van der Waals surface area (Å²) in [5.41, 5.74) is 2.38. The van der Waals surface area contributed by atoms with Crippen molar-refractivity contribution in [2.45, 2.75) is 38.5 Å². The third-order valence-electron chi connectivity index (χ3n) is 11.3. The first kappa shape index (κ1) is 42.6. The molecule has 2 aliphatic carbocycles. The maximum absolute atomic E-state index is 13.2. The van der Waals surface area contributed by atoms with Gasteiger partial charge in [-0.25, -0.2) is 14.8 Å². The standard InChI is InChI=1S/C25H26N4O3.C23H21N3O4/c1-29(2)25(32)20-13-12-19(17-9-3-4-10-18(17)20)23(30)28-21-11-6-14-26-22(21)24(31)27-15-16-7-5-8-16;27-21(17-10-11-18(23(29)30)16-8-2-1-7-15(16)17)26-19-9-4-12-24-20(19)22(28)25-13-14-5-3-6-14/h3-4,6,9-14,16H,5,7-8,15H2,1-2H3,(H,27,31)(H,28,30);1-2,4,7-12,14H,3,5-6,13H2,(H,25,28)(H,26,27)(H,29,30). The molecule has 0 bridgehead atoms. The van der Waals surface area contributed by atoms with Gasteiger partial charge in [0.1, 0.15) is 0 Å². The van der Waals surface area contributed by atoms with Gasteiger partial charge in [-0.15, -0.1) is 0 Å². The Morgan fingerprint density at radius 2 is 0.919 bits per heavy atom. The van der Waals surface area contributed by atoms with Gasteiger partial charge in [0.25, 0.3) is 29.5 Å². The fourth-order valence-corrected chi connectivity index (χ4v) is 7.40. The van der Waals surface area contributed by atoms with Gasteiger partial charge in [-0.05, 0) is 108 Å². The van der Waals surface area contributed by atoms with Gasteiger partial charge in [0.2, 0.25) is 0 Å². The van der Waals surface area contributed by atoms with Gasteiger partial charge in [0.15, 0.2) is 11.4 Å². The summed E-state index contributed by atoms with van der Waals surface area (Å²) >= 11 is 0. The Labute approximate surface area is 358 Å². The second-order valence-electron chi connectivity index (χ2n) is 15.6. The van der Waals surface area contributed by atoms with E-state index in [-0.39, 0.29) is 40.6 Å². The summed E-state index contributed by atoms with van der Waals surface area (Å²) in [6.07, 6.45) is 9.93. The highest BCUT2D eigenvalue weighted by atomic mass is 16.4. The monoisotopic (exact) mass is 833 g/mol. The lowest BCUT2D eigenvalue weighted by molar-refractivity contribution is 0.0697. The molecule has 62 heavy (non-hydrogen) atoms. The number of aromatic nitrogens is 2. The van der Waals surface area contributed by atoms with Gasteiger partial charge < -0.3 is 31.3 Å². The smallest absolute Gasteiger partial charge is 0.336 e. The minimum Gasteiger partial charge on any atom is -0.478 e. The van der Waals surface area contributed by atoms with Crippen LogP contribution in [0.1, 0.15) is 101 Å². The minimum absolute atomic E-state index is 0.125. The molecule has 5 N–H and O–H groups in total. The lowest BCUT2D eigenvalue weighted by Gasteiger charge is -2.25. The van der Waals surface area contributed by atoms with Gasteiger partial charge >= 0.3 is 5.97 Å². The molecule has 0 radical (unpaired) electrons. The minimum atomic E-state index is -1.06. The molecule has 14 heteroatoms. The zero-order valence-corrected chi connectivity index (χ0v) is 34.4. The van der Waals surface area contributed by atoms with Crippen molar-refractivity contribution in [1.82, 2.24) is 25.5 Å². The Kier molecular flexibility index (Phi) is 13.3. The summed E-state index contributed by atoms with van der Waals surface area (Å²) < 4.78 is 0. The van der Waals surface area contributed by atoms with Crippen LogP contribution in [0.25, 0.3) is 21.5 Å². The highest BCUT2D eigenvalue weighted by molar-refractivity contribution is 6.19. The fraction of sp³-hybridized carbons (Fsp3) is 0.250. The van der Waals surface area contributed by atoms with E-state index < -0.39 is 11.9 Å². The predicted molar refractivity (Wildman–Crippen MR) is 237 cm³/mol. The summed E-state index contributed by atoms with van der Waals surface area (Å²) in [6, 6.07) is 26.9. The normalized spacial score (nSPS) is 13.4. The molecule has 2 saturated carbocycles. The molecule has 6 aromatic rings. The van der Waals surface area contributed by atoms with Crippen molar-refractivity contribution < 1.29 is 33.9 Å². The molecule has 0 unspecified atom stereocenters. The number of benzene rings is 4. The molecule has 0 aliphatic heterocycles.